The summed E-state index contributed by atoms with van der Waals surface area (Å²) in [5, 5.41) is 9.31. The molecule has 0 atom stereocenters. The average molecular weight is 152 g/mol. The van der Waals surface area contributed by atoms with Gasteiger partial charge in [0.05, 0.1) is 6.54 Å². The van der Waals surface area contributed by atoms with Crippen molar-refractivity contribution in [1.29, 1.82) is 5.41 Å². The van der Waals surface area contributed by atoms with Gasteiger partial charge < -0.3 is 4.57 Å². The van der Waals surface area contributed by atoms with E-state index in [0.717, 1.165) is 5.69 Å². The third kappa shape index (κ3) is 1.12. The highest BCUT2D eigenvalue weighted by molar-refractivity contribution is 7.07. The van der Waals surface area contributed by atoms with Crippen LogP contribution in [0.5, 0.6) is 0 Å². The summed E-state index contributed by atoms with van der Waals surface area (Å²) in [5.74, 6) is 2.50. The second-order valence-corrected chi connectivity index (χ2v) is 2.83. The number of aryl methyl sites for hydroxylation is 1. The molecule has 0 aromatic carbocycles. The molecule has 2 nitrogen and oxygen atoms in total. The number of nitrogens with one attached hydrogen (secondary N) is 1. The molecule has 1 rings (SSSR count). The molecule has 0 radical (unpaired) electrons. The molecule has 1 N–H and O–H groups in total. The lowest BCUT2D eigenvalue weighted by Crippen LogP contribution is -2.13. The summed E-state index contributed by atoms with van der Waals surface area (Å²) in [6.45, 7) is 2.46. The van der Waals surface area contributed by atoms with Gasteiger partial charge in [-0.05, 0) is 6.92 Å². The van der Waals surface area contributed by atoms with Crippen molar-refractivity contribution >= 4 is 11.3 Å². The van der Waals surface area contributed by atoms with Gasteiger partial charge in [-0.3, -0.25) is 5.41 Å². The van der Waals surface area contributed by atoms with E-state index in [2.05, 4.69) is 5.92 Å². The van der Waals surface area contributed by atoms with E-state index in [-0.39, 0.29) is 0 Å². The van der Waals surface area contributed by atoms with Crippen molar-refractivity contribution in [2.24, 2.45) is 0 Å². The molecular formula is C7H8N2S. The molecule has 0 bridgehead atoms. The number of hydrogen-bond acceptors (Lipinski definition) is 2. The first-order valence-corrected chi connectivity index (χ1v) is 3.76. The highest BCUT2D eigenvalue weighted by Gasteiger charge is 1.95. The lowest BCUT2D eigenvalue weighted by atomic mass is 10.5. The number of nitrogens with zero attached hydrogens (tertiary/aromatic N) is 1. The quantitative estimate of drug-likeness (QED) is 0.581. The molecule has 0 saturated heterocycles. The van der Waals surface area contributed by atoms with Gasteiger partial charge in [-0.25, -0.2) is 0 Å². The summed E-state index contributed by atoms with van der Waals surface area (Å²) < 4.78 is 1.80. The molecule has 0 unspecified atom stereocenters. The molecule has 0 aliphatic rings. The van der Waals surface area contributed by atoms with Crippen LogP contribution < -0.4 is 4.80 Å². The first kappa shape index (κ1) is 7.10. The fraction of sp³-hybridized carbons (Fsp3) is 0.286. The Balaban J connectivity index is 3.13. The molecule has 1 aromatic heterocycles. The number of thiazole rings is 1. The highest BCUT2D eigenvalue weighted by atomic mass is 32.1. The van der Waals surface area contributed by atoms with Crippen molar-refractivity contribution in [1.82, 2.24) is 4.57 Å². The highest BCUT2D eigenvalue weighted by Crippen LogP contribution is 1.97. The number of hydrogen-bond donors (Lipinski definition) is 1. The third-order valence-corrected chi connectivity index (χ3v) is 2.16. The van der Waals surface area contributed by atoms with Crippen LogP contribution in [0.2, 0.25) is 0 Å². The second kappa shape index (κ2) is 2.72. The molecule has 52 valence electrons. The molecule has 1 aromatic rings. The normalized spacial score (nSPS) is 9.20. The summed E-state index contributed by atoms with van der Waals surface area (Å²) >= 11 is 1.41. The molecule has 10 heavy (non-hydrogen) atoms. The Hall–Kier alpha value is -1.01. The third-order valence-electron chi connectivity index (χ3n) is 1.26. The predicted octanol–water partition coefficient (Wildman–Crippen LogP) is 0.971. The molecule has 3 heteroatoms. The summed E-state index contributed by atoms with van der Waals surface area (Å²) in [6, 6.07) is 0. The Morgan fingerprint density at radius 2 is 2.60 bits per heavy atom. The van der Waals surface area contributed by atoms with Gasteiger partial charge in [-0.1, -0.05) is 5.92 Å². The van der Waals surface area contributed by atoms with E-state index < -0.39 is 0 Å². The lowest BCUT2D eigenvalue weighted by molar-refractivity contribution is 0.765. The van der Waals surface area contributed by atoms with Crippen LogP contribution in [0.15, 0.2) is 5.38 Å². The molecule has 1 heterocycles. The second-order valence-electron chi connectivity index (χ2n) is 1.97. The predicted molar refractivity (Wildman–Crippen MR) is 41.7 cm³/mol. The Morgan fingerprint density at radius 1 is 1.90 bits per heavy atom. The van der Waals surface area contributed by atoms with E-state index >= 15 is 0 Å². The van der Waals surface area contributed by atoms with Gasteiger partial charge in [-0.15, -0.1) is 17.8 Å². The van der Waals surface area contributed by atoms with E-state index in [1.807, 2.05) is 12.3 Å². The number of aromatic nitrogens is 1. The van der Waals surface area contributed by atoms with Crippen LogP contribution in [0.1, 0.15) is 5.69 Å². The summed E-state index contributed by atoms with van der Waals surface area (Å²) in [6.07, 6.45) is 5.11. The minimum atomic E-state index is 0.508. The van der Waals surface area contributed by atoms with Crippen LogP contribution in [-0.4, -0.2) is 4.57 Å². The van der Waals surface area contributed by atoms with Gasteiger partial charge in [0.2, 0.25) is 0 Å². The smallest absolute Gasteiger partial charge is 0.182 e. The van der Waals surface area contributed by atoms with E-state index in [1.54, 1.807) is 4.57 Å². The first-order chi connectivity index (χ1) is 4.75. The van der Waals surface area contributed by atoms with E-state index in [4.69, 9.17) is 11.8 Å². The molecule has 0 fully saturated rings. The first-order valence-electron chi connectivity index (χ1n) is 2.88. The van der Waals surface area contributed by atoms with Gasteiger partial charge in [0.15, 0.2) is 4.80 Å². The molecular weight excluding hydrogens is 144 g/mol. The van der Waals surface area contributed by atoms with Gasteiger partial charge in [0.25, 0.3) is 0 Å². The Morgan fingerprint density at radius 3 is 3.00 bits per heavy atom. The van der Waals surface area contributed by atoms with Gasteiger partial charge >= 0.3 is 0 Å². The zero-order valence-corrected chi connectivity index (χ0v) is 6.53. The average Bonchev–Trinajstić information content (AvgIpc) is 2.20. The molecule has 0 spiro atoms. The maximum Gasteiger partial charge on any atom is 0.182 e. The van der Waals surface area contributed by atoms with Gasteiger partial charge in [0.1, 0.15) is 0 Å². The van der Waals surface area contributed by atoms with Crippen molar-refractivity contribution in [2.45, 2.75) is 13.5 Å². The van der Waals surface area contributed by atoms with Crippen LogP contribution >= 0.6 is 11.3 Å². The van der Waals surface area contributed by atoms with Crippen LogP contribution in [0.25, 0.3) is 0 Å². The zero-order valence-electron chi connectivity index (χ0n) is 5.72. The van der Waals surface area contributed by atoms with Crippen LogP contribution in [-0.2, 0) is 6.54 Å². The van der Waals surface area contributed by atoms with Crippen LogP contribution in [0.4, 0.5) is 0 Å². The fourth-order valence-electron chi connectivity index (χ4n) is 0.716. The van der Waals surface area contributed by atoms with E-state index in [1.165, 1.54) is 11.3 Å². The van der Waals surface area contributed by atoms with Gasteiger partial charge in [0, 0.05) is 11.1 Å². The maximum atomic E-state index is 7.38. The lowest BCUT2D eigenvalue weighted by Gasteiger charge is -1.96. The van der Waals surface area contributed by atoms with Crippen molar-refractivity contribution in [3.05, 3.63) is 15.9 Å². The maximum absolute atomic E-state index is 7.38. The molecule has 0 aliphatic carbocycles. The van der Waals surface area contributed by atoms with Crippen molar-refractivity contribution < 1.29 is 0 Å². The van der Waals surface area contributed by atoms with Crippen molar-refractivity contribution in [3.8, 4) is 12.3 Å². The van der Waals surface area contributed by atoms with Crippen LogP contribution in [0.3, 0.4) is 0 Å². The topological polar surface area (TPSA) is 28.8 Å². The summed E-state index contributed by atoms with van der Waals surface area (Å²) in [5.41, 5.74) is 1.06. The molecule has 0 amide bonds. The zero-order chi connectivity index (χ0) is 7.56. The summed E-state index contributed by atoms with van der Waals surface area (Å²) in [7, 11) is 0. The largest absolute Gasteiger partial charge is 0.310 e. The van der Waals surface area contributed by atoms with Gasteiger partial charge in [-0.2, -0.15) is 0 Å². The number of rotatable bonds is 1. The molecule has 0 saturated carbocycles. The Labute approximate surface area is 63.6 Å². The van der Waals surface area contributed by atoms with Crippen LogP contribution in [0, 0.1) is 24.7 Å². The molecule has 0 aliphatic heterocycles. The van der Waals surface area contributed by atoms with Crippen molar-refractivity contribution in [2.75, 3.05) is 0 Å². The standard InChI is InChI=1S/C7H8N2S/c1-3-4-9-6(2)5-10-7(9)8/h1,5,8H,4H2,2H3. The minimum Gasteiger partial charge on any atom is -0.310 e. The monoisotopic (exact) mass is 152 g/mol. The summed E-state index contributed by atoms with van der Waals surface area (Å²) in [4.78, 5) is 0.524. The Bertz CT molecular complexity index is 313. The minimum absolute atomic E-state index is 0.508. The SMILES string of the molecule is C#CCn1c(C)csc1=N. The fourth-order valence-corrected chi connectivity index (χ4v) is 1.46. The number of terminal acetylenes is 1. The van der Waals surface area contributed by atoms with E-state index in [9.17, 15) is 0 Å². The Kier molecular flexibility index (Phi) is 1.93. The van der Waals surface area contributed by atoms with Crippen molar-refractivity contribution in [3.63, 3.8) is 0 Å². The van der Waals surface area contributed by atoms with E-state index in [0.29, 0.717) is 11.3 Å².